The van der Waals surface area contributed by atoms with Crippen LogP contribution in [0.3, 0.4) is 0 Å². The van der Waals surface area contributed by atoms with Gasteiger partial charge in [-0.15, -0.1) is 0 Å². The number of anilines is 2. The van der Waals surface area contributed by atoms with Crippen LogP contribution in [-0.2, 0) is 9.53 Å². The molecule has 2 N–H and O–H groups in total. The van der Waals surface area contributed by atoms with Crippen molar-refractivity contribution >= 4 is 29.2 Å². The molecular formula is C25H30N4O5. The average molecular weight is 467 g/mol. The van der Waals surface area contributed by atoms with Crippen LogP contribution in [0.15, 0.2) is 42.5 Å². The summed E-state index contributed by atoms with van der Waals surface area (Å²) in [6, 6.07) is 12.2. The molecule has 2 amide bonds. The number of morpholine rings is 1. The molecule has 0 atom stereocenters. The van der Waals surface area contributed by atoms with Crippen LogP contribution in [0.25, 0.3) is 0 Å². The number of hydrogen-bond donors (Lipinski definition) is 2. The smallest absolute Gasteiger partial charge is 0.337 e. The van der Waals surface area contributed by atoms with Gasteiger partial charge in [0.15, 0.2) is 0 Å². The van der Waals surface area contributed by atoms with Gasteiger partial charge in [0.25, 0.3) is 5.91 Å². The number of nitrogens with one attached hydrogen (secondary N) is 1. The van der Waals surface area contributed by atoms with E-state index >= 15 is 0 Å². The quantitative estimate of drug-likeness (QED) is 0.671. The van der Waals surface area contributed by atoms with Crippen LogP contribution >= 0.6 is 0 Å². The van der Waals surface area contributed by atoms with E-state index in [9.17, 15) is 19.5 Å². The van der Waals surface area contributed by atoms with Crippen molar-refractivity contribution in [3.05, 3.63) is 59.2 Å². The molecule has 2 heterocycles. The second-order valence-corrected chi connectivity index (χ2v) is 8.62. The molecule has 0 aromatic heterocycles. The van der Waals surface area contributed by atoms with Gasteiger partial charge in [0.05, 0.1) is 31.0 Å². The number of carbonyl (C=O) groups excluding carboxylic acids is 2. The van der Waals surface area contributed by atoms with Crippen LogP contribution in [-0.4, -0.2) is 91.7 Å². The van der Waals surface area contributed by atoms with Crippen molar-refractivity contribution in [2.24, 2.45) is 0 Å². The third kappa shape index (κ3) is 5.73. The van der Waals surface area contributed by atoms with Crippen LogP contribution < -0.4 is 10.2 Å². The zero-order valence-electron chi connectivity index (χ0n) is 19.3. The number of carboxylic acid groups (broad SMARTS) is 1. The van der Waals surface area contributed by atoms with E-state index in [0.29, 0.717) is 76.0 Å². The summed E-state index contributed by atoms with van der Waals surface area (Å²) >= 11 is 0. The molecule has 34 heavy (non-hydrogen) atoms. The minimum Gasteiger partial charge on any atom is -0.478 e. The minimum atomic E-state index is -1.05. The Morgan fingerprint density at radius 1 is 0.971 bits per heavy atom. The summed E-state index contributed by atoms with van der Waals surface area (Å²) in [6.07, 6.45) is 0. The summed E-state index contributed by atoms with van der Waals surface area (Å²) in [6.45, 7) is 7.27. The standard InChI is InChI=1S/C25H30N4O5/c1-18-3-2-4-19(15-18)24(31)26-20-5-6-22(21(16-20)25(32)33)28-9-7-27(8-10-28)17-23(30)29-11-13-34-14-12-29/h2-6,15-16H,7-14,17H2,1H3,(H,26,31)(H,32,33). The first-order valence-electron chi connectivity index (χ1n) is 11.5. The van der Waals surface area contributed by atoms with Gasteiger partial charge in [-0.05, 0) is 37.3 Å². The number of piperazine rings is 1. The lowest BCUT2D eigenvalue weighted by atomic mass is 10.1. The second kappa shape index (κ2) is 10.7. The first-order valence-corrected chi connectivity index (χ1v) is 11.5. The van der Waals surface area contributed by atoms with Crippen molar-refractivity contribution < 1.29 is 24.2 Å². The Hall–Kier alpha value is -3.43. The predicted octanol–water partition coefficient (Wildman–Crippen LogP) is 1.93. The van der Waals surface area contributed by atoms with E-state index in [1.807, 2.05) is 28.9 Å². The van der Waals surface area contributed by atoms with Gasteiger partial charge in [-0.2, -0.15) is 0 Å². The van der Waals surface area contributed by atoms with Gasteiger partial charge in [-0.3, -0.25) is 14.5 Å². The highest BCUT2D eigenvalue weighted by Crippen LogP contribution is 2.26. The van der Waals surface area contributed by atoms with E-state index in [0.717, 1.165) is 5.56 Å². The molecule has 2 aromatic carbocycles. The molecule has 0 radical (unpaired) electrons. The largest absolute Gasteiger partial charge is 0.478 e. The van der Waals surface area contributed by atoms with Crippen molar-refractivity contribution in [1.82, 2.24) is 9.80 Å². The molecule has 4 rings (SSSR count). The maximum Gasteiger partial charge on any atom is 0.337 e. The van der Waals surface area contributed by atoms with Gasteiger partial charge in [-0.25, -0.2) is 4.79 Å². The van der Waals surface area contributed by atoms with Crippen molar-refractivity contribution in [2.45, 2.75) is 6.92 Å². The van der Waals surface area contributed by atoms with Crippen LogP contribution in [0.5, 0.6) is 0 Å². The minimum absolute atomic E-state index is 0.108. The number of carboxylic acids is 1. The van der Waals surface area contributed by atoms with Crippen molar-refractivity contribution in [3.8, 4) is 0 Å². The van der Waals surface area contributed by atoms with Crippen LogP contribution in [0.1, 0.15) is 26.3 Å². The molecule has 2 fully saturated rings. The third-order valence-electron chi connectivity index (χ3n) is 6.20. The maximum absolute atomic E-state index is 12.6. The molecular weight excluding hydrogens is 436 g/mol. The van der Waals surface area contributed by atoms with E-state index in [1.54, 1.807) is 24.3 Å². The lowest BCUT2D eigenvalue weighted by Crippen LogP contribution is -2.51. The Morgan fingerprint density at radius 2 is 1.71 bits per heavy atom. The van der Waals surface area contributed by atoms with Crippen LogP contribution in [0.4, 0.5) is 11.4 Å². The monoisotopic (exact) mass is 466 g/mol. The number of amides is 2. The van der Waals surface area contributed by atoms with E-state index in [4.69, 9.17) is 4.74 Å². The third-order valence-corrected chi connectivity index (χ3v) is 6.20. The molecule has 2 aliphatic rings. The average Bonchev–Trinajstić information content (AvgIpc) is 2.85. The molecule has 180 valence electrons. The van der Waals surface area contributed by atoms with Gasteiger partial charge < -0.3 is 25.0 Å². The van der Waals surface area contributed by atoms with Gasteiger partial charge >= 0.3 is 5.97 Å². The molecule has 0 unspecified atom stereocenters. The summed E-state index contributed by atoms with van der Waals surface area (Å²) in [5.74, 6) is -1.23. The van der Waals surface area contributed by atoms with Gasteiger partial charge in [-0.1, -0.05) is 17.7 Å². The number of nitrogens with zero attached hydrogens (tertiary/aromatic N) is 3. The lowest BCUT2D eigenvalue weighted by Gasteiger charge is -2.37. The molecule has 0 spiro atoms. The summed E-state index contributed by atoms with van der Waals surface area (Å²) in [5.41, 5.74) is 2.67. The molecule has 2 aliphatic heterocycles. The Morgan fingerprint density at radius 3 is 2.38 bits per heavy atom. The normalized spacial score (nSPS) is 16.9. The summed E-state index contributed by atoms with van der Waals surface area (Å²) in [4.78, 5) is 43.0. The number of aryl methyl sites for hydroxylation is 1. The number of carbonyl (C=O) groups is 3. The fourth-order valence-corrected chi connectivity index (χ4v) is 4.30. The lowest BCUT2D eigenvalue weighted by molar-refractivity contribution is -0.136. The highest BCUT2D eigenvalue weighted by molar-refractivity contribution is 6.05. The van der Waals surface area contributed by atoms with E-state index < -0.39 is 5.97 Å². The van der Waals surface area contributed by atoms with E-state index in [-0.39, 0.29) is 17.4 Å². The number of rotatable bonds is 6. The van der Waals surface area contributed by atoms with Gasteiger partial charge in [0.2, 0.25) is 5.91 Å². The topological polar surface area (TPSA) is 102 Å². The van der Waals surface area contributed by atoms with Crippen LogP contribution in [0, 0.1) is 6.92 Å². The SMILES string of the molecule is Cc1cccc(C(=O)Nc2ccc(N3CCN(CC(=O)N4CCOCC4)CC3)c(C(=O)O)c2)c1. The Labute approximate surface area is 198 Å². The fraction of sp³-hybridized carbons (Fsp3) is 0.400. The first-order chi connectivity index (χ1) is 16.4. The summed E-state index contributed by atoms with van der Waals surface area (Å²) in [5, 5.41) is 12.6. The molecule has 9 nitrogen and oxygen atoms in total. The molecule has 0 aliphatic carbocycles. The first kappa shape index (κ1) is 23.7. The molecule has 2 aromatic rings. The highest BCUT2D eigenvalue weighted by Gasteiger charge is 2.25. The zero-order valence-corrected chi connectivity index (χ0v) is 19.3. The highest BCUT2D eigenvalue weighted by atomic mass is 16.5. The zero-order chi connectivity index (χ0) is 24.1. The molecule has 2 saturated heterocycles. The van der Waals surface area contributed by atoms with Gasteiger partial charge in [0.1, 0.15) is 0 Å². The summed E-state index contributed by atoms with van der Waals surface area (Å²) in [7, 11) is 0. The number of aromatic carboxylic acids is 1. The van der Waals surface area contributed by atoms with E-state index in [2.05, 4.69) is 10.2 Å². The Kier molecular flexibility index (Phi) is 7.44. The van der Waals surface area contributed by atoms with Crippen molar-refractivity contribution in [2.75, 3.05) is 69.2 Å². The van der Waals surface area contributed by atoms with Gasteiger partial charge in [0, 0.05) is 50.5 Å². The van der Waals surface area contributed by atoms with Crippen molar-refractivity contribution in [3.63, 3.8) is 0 Å². The Balaban J connectivity index is 1.38. The fourth-order valence-electron chi connectivity index (χ4n) is 4.30. The number of ether oxygens (including phenoxy) is 1. The molecule has 0 saturated carbocycles. The van der Waals surface area contributed by atoms with Crippen molar-refractivity contribution in [1.29, 1.82) is 0 Å². The summed E-state index contributed by atoms with van der Waals surface area (Å²) < 4.78 is 5.30. The predicted molar refractivity (Wildman–Crippen MR) is 129 cm³/mol. The molecule has 9 heteroatoms. The maximum atomic E-state index is 12.6. The molecule has 0 bridgehead atoms. The second-order valence-electron chi connectivity index (χ2n) is 8.62. The van der Waals surface area contributed by atoms with E-state index in [1.165, 1.54) is 6.07 Å². The Bertz CT molecular complexity index is 1060. The number of hydrogen-bond acceptors (Lipinski definition) is 6. The van der Waals surface area contributed by atoms with Crippen LogP contribution in [0.2, 0.25) is 0 Å². The number of benzene rings is 2.